The highest BCUT2D eigenvalue weighted by molar-refractivity contribution is 7.11. The Balaban J connectivity index is 1.57. The van der Waals surface area contributed by atoms with E-state index >= 15 is 0 Å². The number of aryl methyl sites for hydroxylation is 1. The van der Waals surface area contributed by atoms with Crippen LogP contribution in [0.2, 0.25) is 0 Å². The molecule has 24 heavy (non-hydrogen) atoms. The molecule has 1 aliphatic rings. The zero-order chi connectivity index (χ0) is 16.8. The number of benzene rings is 1. The van der Waals surface area contributed by atoms with Gasteiger partial charge in [-0.25, -0.2) is 0 Å². The summed E-state index contributed by atoms with van der Waals surface area (Å²) >= 11 is 1.66. The predicted octanol–water partition coefficient (Wildman–Crippen LogP) is 2.56. The first-order valence-corrected chi connectivity index (χ1v) is 9.50. The molecule has 2 N–H and O–H groups in total. The van der Waals surface area contributed by atoms with Crippen LogP contribution in [0.3, 0.4) is 0 Å². The third-order valence-corrected chi connectivity index (χ3v) is 5.59. The lowest BCUT2D eigenvalue weighted by Crippen LogP contribution is -3.08. The summed E-state index contributed by atoms with van der Waals surface area (Å²) < 4.78 is 0. The summed E-state index contributed by atoms with van der Waals surface area (Å²) in [6.45, 7) is 6.25. The molecule has 1 saturated heterocycles. The number of carbonyl (C=O) groups is 1. The van der Waals surface area contributed by atoms with Gasteiger partial charge in [-0.15, -0.1) is 11.3 Å². The molecule has 2 aromatic rings. The first-order chi connectivity index (χ1) is 11.7. The molecular formula is C20H25N2OS+. The van der Waals surface area contributed by atoms with E-state index in [0.717, 1.165) is 11.4 Å². The number of rotatable bonds is 6. The average Bonchev–Trinajstić information content (AvgIpc) is 3.24. The van der Waals surface area contributed by atoms with Crippen LogP contribution >= 0.6 is 11.3 Å². The van der Waals surface area contributed by atoms with Crippen molar-refractivity contribution in [1.29, 1.82) is 0 Å². The van der Waals surface area contributed by atoms with Crippen LogP contribution in [0.5, 0.6) is 0 Å². The molecule has 2 heterocycles. The number of likely N-dealkylation sites (tertiary alicyclic amines) is 1. The number of quaternary nitrogens is 1. The van der Waals surface area contributed by atoms with Crippen molar-refractivity contribution >= 4 is 23.3 Å². The lowest BCUT2D eigenvalue weighted by Gasteiger charge is -2.15. The van der Waals surface area contributed by atoms with Gasteiger partial charge < -0.3 is 10.2 Å². The van der Waals surface area contributed by atoms with Gasteiger partial charge in [0.2, 0.25) is 5.91 Å². The van der Waals surface area contributed by atoms with Gasteiger partial charge >= 0.3 is 0 Å². The van der Waals surface area contributed by atoms with Crippen molar-refractivity contribution in [3.8, 4) is 0 Å². The summed E-state index contributed by atoms with van der Waals surface area (Å²) in [4.78, 5) is 14.9. The highest BCUT2D eigenvalue weighted by Gasteiger charge is 2.17. The first kappa shape index (κ1) is 16.9. The molecule has 0 aliphatic carbocycles. The maximum atomic E-state index is 12.1. The molecule has 1 aliphatic heterocycles. The number of thiophene rings is 1. The van der Waals surface area contributed by atoms with E-state index in [0.29, 0.717) is 6.54 Å². The Bertz CT molecular complexity index is 714. The molecule has 1 aromatic carbocycles. The van der Waals surface area contributed by atoms with Crippen molar-refractivity contribution in [3.05, 3.63) is 63.4 Å². The molecule has 0 saturated carbocycles. The second kappa shape index (κ2) is 8.27. The molecule has 0 unspecified atom stereocenters. The Labute approximate surface area is 148 Å². The SMILES string of the molecule is Cc1ccsc1/C=C/C(=O)NCc1ccccc1C[NH+]1CCCC1. The van der Waals surface area contributed by atoms with E-state index < -0.39 is 0 Å². The largest absolute Gasteiger partial charge is 0.348 e. The number of hydrogen-bond donors (Lipinski definition) is 2. The van der Waals surface area contributed by atoms with E-state index in [4.69, 9.17) is 0 Å². The molecule has 1 fully saturated rings. The Morgan fingerprint density at radius 2 is 1.96 bits per heavy atom. The number of hydrogen-bond acceptors (Lipinski definition) is 2. The molecule has 0 radical (unpaired) electrons. The molecule has 1 aromatic heterocycles. The van der Waals surface area contributed by atoms with Crippen LogP contribution in [0.25, 0.3) is 6.08 Å². The maximum Gasteiger partial charge on any atom is 0.244 e. The van der Waals surface area contributed by atoms with Crippen LogP contribution in [0.1, 0.15) is 34.4 Å². The summed E-state index contributed by atoms with van der Waals surface area (Å²) in [5.41, 5.74) is 3.79. The normalized spacial score (nSPS) is 15.2. The van der Waals surface area contributed by atoms with Crippen molar-refractivity contribution in [1.82, 2.24) is 5.32 Å². The van der Waals surface area contributed by atoms with Crippen molar-refractivity contribution in [3.63, 3.8) is 0 Å². The fraction of sp³-hybridized carbons (Fsp3) is 0.350. The Morgan fingerprint density at radius 1 is 1.21 bits per heavy atom. The van der Waals surface area contributed by atoms with Crippen molar-refractivity contribution in [2.24, 2.45) is 0 Å². The zero-order valence-corrected chi connectivity index (χ0v) is 15.0. The smallest absolute Gasteiger partial charge is 0.244 e. The van der Waals surface area contributed by atoms with Crippen LogP contribution in [0.15, 0.2) is 41.8 Å². The molecule has 126 valence electrons. The third-order valence-electron chi connectivity index (χ3n) is 4.61. The van der Waals surface area contributed by atoms with E-state index in [1.165, 1.54) is 42.6 Å². The van der Waals surface area contributed by atoms with Gasteiger partial charge in [0.15, 0.2) is 0 Å². The summed E-state index contributed by atoms with van der Waals surface area (Å²) in [6, 6.07) is 10.5. The molecule has 0 atom stereocenters. The average molecular weight is 342 g/mol. The fourth-order valence-electron chi connectivity index (χ4n) is 3.17. The summed E-state index contributed by atoms with van der Waals surface area (Å²) in [5, 5.41) is 5.06. The van der Waals surface area contributed by atoms with Crippen LogP contribution in [-0.2, 0) is 17.9 Å². The molecular weight excluding hydrogens is 316 g/mol. The monoisotopic (exact) mass is 341 g/mol. The van der Waals surface area contributed by atoms with Gasteiger partial charge in [-0.3, -0.25) is 4.79 Å². The van der Waals surface area contributed by atoms with Gasteiger partial charge in [0, 0.05) is 35.9 Å². The highest BCUT2D eigenvalue weighted by Crippen LogP contribution is 2.16. The van der Waals surface area contributed by atoms with E-state index in [2.05, 4.69) is 42.6 Å². The standard InChI is InChI=1S/C20H24N2OS/c1-16-10-13-24-19(16)8-9-20(23)21-14-17-6-2-3-7-18(17)15-22-11-4-5-12-22/h2-3,6-10,13H,4-5,11-12,14-15H2,1H3,(H,21,23)/p+1/b9-8+. The van der Waals surface area contributed by atoms with E-state index in [1.54, 1.807) is 22.3 Å². The molecule has 1 amide bonds. The lowest BCUT2D eigenvalue weighted by molar-refractivity contribution is -0.901. The highest BCUT2D eigenvalue weighted by atomic mass is 32.1. The second-order valence-electron chi connectivity index (χ2n) is 6.42. The summed E-state index contributed by atoms with van der Waals surface area (Å²) in [5.74, 6) is -0.0360. The third kappa shape index (κ3) is 4.56. The van der Waals surface area contributed by atoms with Crippen LogP contribution in [0.4, 0.5) is 0 Å². The van der Waals surface area contributed by atoms with Gasteiger partial charge in [-0.05, 0) is 35.6 Å². The molecule has 0 spiro atoms. The minimum atomic E-state index is -0.0360. The van der Waals surface area contributed by atoms with Gasteiger partial charge in [0.25, 0.3) is 0 Å². The van der Waals surface area contributed by atoms with Crippen LogP contribution in [0, 0.1) is 6.92 Å². The van der Waals surface area contributed by atoms with Gasteiger partial charge in [-0.1, -0.05) is 24.3 Å². The van der Waals surface area contributed by atoms with Gasteiger partial charge in [0.1, 0.15) is 6.54 Å². The van der Waals surface area contributed by atoms with Crippen molar-refractivity contribution in [2.75, 3.05) is 13.1 Å². The van der Waals surface area contributed by atoms with Gasteiger partial charge in [0.05, 0.1) is 13.1 Å². The van der Waals surface area contributed by atoms with Crippen molar-refractivity contribution < 1.29 is 9.69 Å². The number of nitrogens with one attached hydrogen (secondary N) is 2. The summed E-state index contributed by atoms with van der Waals surface area (Å²) in [6.07, 6.45) is 6.20. The number of amides is 1. The summed E-state index contributed by atoms with van der Waals surface area (Å²) in [7, 11) is 0. The van der Waals surface area contributed by atoms with Crippen LogP contribution < -0.4 is 10.2 Å². The molecule has 4 heteroatoms. The van der Waals surface area contributed by atoms with E-state index in [9.17, 15) is 4.79 Å². The van der Waals surface area contributed by atoms with Gasteiger partial charge in [-0.2, -0.15) is 0 Å². The molecule has 3 rings (SSSR count). The first-order valence-electron chi connectivity index (χ1n) is 8.63. The minimum Gasteiger partial charge on any atom is -0.348 e. The quantitative estimate of drug-likeness (QED) is 0.778. The van der Waals surface area contributed by atoms with E-state index in [1.807, 2.05) is 11.5 Å². The maximum absolute atomic E-state index is 12.1. The number of carbonyl (C=O) groups excluding carboxylic acids is 1. The minimum absolute atomic E-state index is 0.0360. The second-order valence-corrected chi connectivity index (χ2v) is 7.37. The topological polar surface area (TPSA) is 33.5 Å². The van der Waals surface area contributed by atoms with Crippen LogP contribution in [-0.4, -0.2) is 19.0 Å². The lowest BCUT2D eigenvalue weighted by atomic mass is 10.1. The fourth-order valence-corrected chi connectivity index (χ4v) is 3.99. The van der Waals surface area contributed by atoms with E-state index in [-0.39, 0.29) is 5.91 Å². The predicted molar refractivity (Wildman–Crippen MR) is 100 cm³/mol. The molecule has 3 nitrogen and oxygen atoms in total. The Kier molecular flexibility index (Phi) is 5.83. The Morgan fingerprint density at radius 3 is 2.67 bits per heavy atom. The molecule has 0 bridgehead atoms. The Hall–Kier alpha value is -1.91. The van der Waals surface area contributed by atoms with Crippen molar-refractivity contribution in [2.45, 2.75) is 32.9 Å². The zero-order valence-electron chi connectivity index (χ0n) is 14.2.